The van der Waals surface area contributed by atoms with Crippen LogP contribution in [0, 0.1) is 10.8 Å². The Kier molecular flexibility index (Phi) is 5.70. The molecular formula is C26H31N. The molecule has 0 aliphatic heterocycles. The maximum atomic E-state index is 3.81. The fraction of sp³-hybridized carbons (Fsp3) is 0.308. The number of aromatic amines is 1. The molecule has 2 aromatic rings. The van der Waals surface area contributed by atoms with Crippen LogP contribution in [0.2, 0.25) is 0 Å². The molecule has 1 heterocycles. The van der Waals surface area contributed by atoms with E-state index >= 15 is 0 Å². The maximum absolute atomic E-state index is 3.81. The van der Waals surface area contributed by atoms with Gasteiger partial charge in [0.15, 0.2) is 0 Å². The Morgan fingerprint density at radius 2 is 2.04 bits per heavy atom. The lowest BCUT2D eigenvalue weighted by molar-refractivity contribution is 0.417. The van der Waals surface area contributed by atoms with Crippen LogP contribution in [0.15, 0.2) is 73.4 Å². The second kappa shape index (κ2) is 8.00. The van der Waals surface area contributed by atoms with Crippen molar-refractivity contribution in [1.29, 1.82) is 0 Å². The summed E-state index contributed by atoms with van der Waals surface area (Å²) in [5.74, 6) is 0. The van der Waals surface area contributed by atoms with Crippen LogP contribution in [0.1, 0.15) is 40.0 Å². The first kappa shape index (κ1) is 19.2. The number of hydrogen-bond donors (Lipinski definition) is 1. The van der Waals surface area contributed by atoms with Gasteiger partial charge in [0, 0.05) is 32.3 Å². The number of benzene rings is 1. The van der Waals surface area contributed by atoms with Crippen LogP contribution in [0.3, 0.4) is 0 Å². The summed E-state index contributed by atoms with van der Waals surface area (Å²) >= 11 is 0. The molecule has 1 aromatic carbocycles. The molecule has 0 spiro atoms. The minimum Gasteiger partial charge on any atom is -0.355 e. The number of fused-ring (bicyclic) bond motifs is 3. The zero-order chi connectivity index (χ0) is 19.3. The summed E-state index contributed by atoms with van der Waals surface area (Å²) in [5.41, 5.74) is 1.36. The monoisotopic (exact) mass is 357 g/mol. The van der Waals surface area contributed by atoms with Crippen molar-refractivity contribution in [2.45, 2.75) is 40.0 Å². The highest BCUT2D eigenvalue weighted by Crippen LogP contribution is 2.34. The van der Waals surface area contributed by atoms with Gasteiger partial charge in [-0.05, 0) is 31.9 Å². The number of allylic oxidation sites excluding steroid dienone is 7. The van der Waals surface area contributed by atoms with Crippen molar-refractivity contribution in [3.8, 4) is 0 Å². The van der Waals surface area contributed by atoms with E-state index in [2.05, 4.69) is 105 Å². The molecule has 0 radical (unpaired) electrons. The van der Waals surface area contributed by atoms with Crippen LogP contribution < -0.4 is 10.6 Å². The number of rotatable bonds is 7. The first-order valence-corrected chi connectivity index (χ1v) is 9.92. The normalized spacial score (nSPS) is 21.6. The van der Waals surface area contributed by atoms with E-state index in [-0.39, 0.29) is 10.8 Å². The Labute approximate surface area is 163 Å². The van der Waals surface area contributed by atoms with E-state index in [4.69, 9.17) is 0 Å². The second-order valence-corrected chi connectivity index (χ2v) is 8.13. The van der Waals surface area contributed by atoms with E-state index in [1.165, 1.54) is 21.5 Å². The van der Waals surface area contributed by atoms with Crippen molar-refractivity contribution < 1.29 is 0 Å². The van der Waals surface area contributed by atoms with E-state index in [9.17, 15) is 0 Å². The number of aromatic nitrogens is 1. The van der Waals surface area contributed by atoms with Crippen LogP contribution in [0.5, 0.6) is 0 Å². The predicted octanol–water partition coefficient (Wildman–Crippen LogP) is 5.80. The maximum Gasteiger partial charge on any atom is 0.0464 e. The van der Waals surface area contributed by atoms with Crippen molar-refractivity contribution in [2.75, 3.05) is 0 Å². The minimum absolute atomic E-state index is 0.0612. The third-order valence-corrected chi connectivity index (χ3v) is 5.58. The molecule has 0 saturated heterocycles. The summed E-state index contributed by atoms with van der Waals surface area (Å²) in [7, 11) is 0. The standard InChI is InChI=1S/C26H31N/c1-5-7-16-25(3,15-6-2)18-11-19-26(4)17-10-14-24-22(20-26)21-12-8-9-13-23(21)27-24/h5-10,12-17,20,27H,1,11,18-19H2,2-4H3/b15-6-,16-7-. The van der Waals surface area contributed by atoms with E-state index in [0.717, 1.165) is 19.3 Å². The molecule has 0 amide bonds. The molecular weight excluding hydrogens is 326 g/mol. The van der Waals surface area contributed by atoms with Gasteiger partial charge in [-0.15, -0.1) is 0 Å². The predicted molar refractivity (Wildman–Crippen MR) is 120 cm³/mol. The molecule has 1 nitrogen and oxygen atoms in total. The Morgan fingerprint density at radius 3 is 2.81 bits per heavy atom. The van der Waals surface area contributed by atoms with Gasteiger partial charge in [-0.2, -0.15) is 0 Å². The smallest absolute Gasteiger partial charge is 0.0464 e. The van der Waals surface area contributed by atoms with Gasteiger partial charge in [0.1, 0.15) is 0 Å². The van der Waals surface area contributed by atoms with E-state index in [1.807, 2.05) is 6.08 Å². The summed E-state index contributed by atoms with van der Waals surface area (Å²) in [6, 6.07) is 8.57. The van der Waals surface area contributed by atoms with Gasteiger partial charge >= 0.3 is 0 Å². The van der Waals surface area contributed by atoms with Gasteiger partial charge in [0.2, 0.25) is 0 Å². The lowest BCUT2D eigenvalue weighted by Gasteiger charge is -2.26. The minimum atomic E-state index is 0.0612. The third kappa shape index (κ3) is 4.42. The molecule has 27 heavy (non-hydrogen) atoms. The highest BCUT2D eigenvalue weighted by molar-refractivity contribution is 5.82. The Bertz CT molecular complexity index is 1010. The fourth-order valence-electron chi connectivity index (χ4n) is 4.11. The molecule has 0 fully saturated rings. The second-order valence-electron chi connectivity index (χ2n) is 8.13. The van der Waals surface area contributed by atoms with Gasteiger partial charge in [0.25, 0.3) is 0 Å². The van der Waals surface area contributed by atoms with Gasteiger partial charge in [-0.1, -0.05) is 93.7 Å². The molecule has 140 valence electrons. The fourth-order valence-corrected chi connectivity index (χ4v) is 4.11. The zero-order valence-corrected chi connectivity index (χ0v) is 16.8. The van der Waals surface area contributed by atoms with Crippen LogP contribution in [-0.2, 0) is 0 Å². The molecule has 0 saturated carbocycles. The molecule has 2 atom stereocenters. The highest BCUT2D eigenvalue weighted by atomic mass is 14.7. The molecule has 1 heteroatoms. The summed E-state index contributed by atoms with van der Waals surface area (Å²) < 4.78 is 0. The first-order chi connectivity index (χ1) is 13.0. The molecule has 1 aromatic heterocycles. The van der Waals surface area contributed by atoms with Crippen molar-refractivity contribution in [3.63, 3.8) is 0 Å². The molecule has 1 aliphatic carbocycles. The summed E-state index contributed by atoms with van der Waals surface area (Å²) in [6.45, 7) is 10.6. The van der Waals surface area contributed by atoms with Crippen molar-refractivity contribution in [2.24, 2.45) is 10.8 Å². The van der Waals surface area contributed by atoms with Gasteiger partial charge in [-0.25, -0.2) is 0 Å². The highest BCUT2D eigenvalue weighted by Gasteiger charge is 2.22. The molecule has 0 bridgehead atoms. The summed E-state index contributed by atoms with van der Waals surface area (Å²) in [5, 5.41) is 3.86. The average molecular weight is 358 g/mol. The summed E-state index contributed by atoms with van der Waals surface area (Å²) in [6.07, 6.45) is 23.3. The lowest BCUT2D eigenvalue weighted by atomic mass is 9.78. The topological polar surface area (TPSA) is 15.8 Å². The zero-order valence-electron chi connectivity index (χ0n) is 16.8. The van der Waals surface area contributed by atoms with Crippen LogP contribution in [-0.4, -0.2) is 4.98 Å². The van der Waals surface area contributed by atoms with Crippen molar-refractivity contribution in [3.05, 3.63) is 83.9 Å². The van der Waals surface area contributed by atoms with Crippen molar-refractivity contribution >= 4 is 23.1 Å². The number of nitrogens with one attached hydrogen (secondary N) is 1. The van der Waals surface area contributed by atoms with Crippen LogP contribution >= 0.6 is 0 Å². The van der Waals surface area contributed by atoms with Gasteiger partial charge in [0.05, 0.1) is 0 Å². The Morgan fingerprint density at radius 1 is 1.22 bits per heavy atom. The van der Waals surface area contributed by atoms with E-state index < -0.39 is 0 Å². The number of H-pyrrole nitrogens is 1. The SMILES string of the molecule is C=C/C=C\C(C)(/C=C\C)CCCC1(C)C=CC=c2[nH]c3ccccc3c2=C1. The Balaban J connectivity index is 1.84. The molecule has 2 unspecified atom stereocenters. The molecule has 3 rings (SSSR count). The Hall–Kier alpha value is -2.54. The van der Waals surface area contributed by atoms with Crippen LogP contribution in [0.4, 0.5) is 0 Å². The van der Waals surface area contributed by atoms with Gasteiger partial charge < -0.3 is 4.98 Å². The quantitative estimate of drug-likeness (QED) is 0.476. The average Bonchev–Trinajstić information content (AvgIpc) is 2.88. The van der Waals surface area contributed by atoms with Crippen molar-refractivity contribution in [1.82, 2.24) is 4.98 Å². The van der Waals surface area contributed by atoms with E-state index in [1.54, 1.807) is 0 Å². The third-order valence-electron chi connectivity index (χ3n) is 5.58. The lowest BCUT2D eigenvalue weighted by Crippen LogP contribution is -2.25. The van der Waals surface area contributed by atoms with Crippen LogP contribution in [0.25, 0.3) is 23.1 Å². The van der Waals surface area contributed by atoms with Gasteiger partial charge in [-0.3, -0.25) is 0 Å². The van der Waals surface area contributed by atoms with E-state index in [0.29, 0.717) is 0 Å². The first-order valence-electron chi connectivity index (χ1n) is 9.92. The largest absolute Gasteiger partial charge is 0.355 e. The number of para-hydroxylation sites is 1. The molecule has 1 aliphatic rings. The number of hydrogen-bond acceptors (Lipinski definition) is 0. The summed E-state index contributed by atoms with van der Waals surface area (Å²) in [4.78, 5) is 3.55. The molecule has 1 N–H and O–H groups in total.